The van der Waals surface area contributed by atoms with Crippen LogP contribution < -0.4 is 9.47 Å². The smallest absolute Gasteiger partial charge is 0.130 e. The Kier molecular flexibility index (Phi) is 7.56. The van der Waals surface area contributed by atoms with E-state index >= 15 is 0 Å². The number of hydrogen-bond acceptors (Lipinski definition) is 4. The maximum atomic E-state index is 6.13. The number of benzene rings is 2. The van der Waals surface area contributed by atoms with Crippen molar-refractivity contribution in [2.24, 2.45) is 5.92 Å². The molecule has 0 amide bonds. The van der Waals surface area contributed by atoms with Gasteiger partial charge in [-0.25, -0.2) is 0 Å². The monoisotopic (exact) mass is 416 g/mol. The molecule has 4 rings (SSSR count). The molecule has 0 N–H and O–H groups in total. The van der Waals surface area contributed by atoms with Crippen LogP contribution in [0.15, 0.2) is 66.9 Å². The number of methoxy groups -OCH3 is 1. The van der Waals surface area contributed by atoms with Crippen LogP contribution in [0.4, 0.5) is 0 Å². The minimum absolute atomic E-state index is 0.737. The molecule has 4 nitrogen and oxygen atoms in total. The predicted molar refractivity (Wildman–Crippen MR) is 128 cm³/mol. The first-order valence-corrected chi connectivity index (χ1v) is 11.3. The van der Waals surface area contributed by atoms with Gasteiger partial charge in [-0.1, -0.05) is 42.5 Å². The van der Waals surface area contributed by atoms with Gasteiger partial charge >= 0.3 is 0 Å². The number of hydrogen-bond donors (Lipinski definition) is 0. The van der Waals surface area contributed by atoms with Crippen molar-refractivity contribution < 1.29 is 9.47 Å². The Bertz CT molecular complexity index is 987. The summed E-state index contributed by atoms with van der Waals surface area (Å²) < 4.78 is 11.5. The molecule has 1 aliphatic heterocycles. The van der Waals surface area contributed by atoms with Gasteiger partial charge in [0.2, 0.25) is 0 Å². The van der Waals surface area contributed by atoms with Gasteiger partial charge in [0.1, 0.15) is 11.5 Å². The molecule has 1 fully saturated rings. The average Bonchev–Trinajstić information content (AvgIpc) is 2.82. The standard InChI is InChI=1S/C27H32N2O2/c1-30-24-13-14-26-25(20-24)27(15-16-28-26)31-19-7-12-23-11-6-18-29(21-23)17-5-10-22-8-3-2-4-9-22/h2-5,8-10,13-16,20,23H,6-7,11-12,17-19,21H2,1H3/b10-5+. The fraction of sp³-hybridized carbons (Fsp3) is 0.370. The third-order valence-corrected chi connectivity index (χ3v) is 6.00. The molecule has 1 saturated heterocycles. The highest BCUT2D eigenvalue weighted by molar-refractivity contribution is 5.86. The van der Waals surface area contributed by atoms with Crippen LogP contribution in [0.5, 0.6) is 11.5 Å². The highest BCUT2D eigenvalue weighted by atomic mass is 16.5. The number of fused-ring (bicyclic) bond motifs is 1. The van der Waals surface area contributed by atoms with Gasteiger partial charge in [0, 0.05) is 24.7 Å². The van der Waals surface area contributed by atoms with Gasteiger partial charge in [-0.15, -0.1) is 0 Å². The summed E-state index contributed by atoms with van der Waals surface area (Å²) in [5, 5.41) is 1.01. The molecule has 1 aromatic heterocycles. The second-order valence-electron chi connectivity index (χ2n) is 8.26. The highest BCUT2D eigenvalue weighted by Gasteiger charge is 2.18. The number of aromatic nitrogens is 1. The first-order chi connectivity index (χ1) is 15.3. The van der Waals surface area contributed by atoms with Gasteiger partial charge in [0.05, 0.1) is 19.2 Å². The van der Waals surface area contributed by atoms with E-state index in [1.54, 1.807) is 7.11 Å². The summed E-state index contributed by atoms with van der Waals surface area (Å²) in [7, 11) is 1.68. The maximum absolute atomic E-state index is 6.13. The minimum atomic E-state index is 0.737. The Hall–Kier alpha value is -2.85. The number of likely N-dealkylation sites (tertiary alicyclic amines) is 1. The van der Waals surface area contributed by atoms with Gasteiger partial charge in [0.15, 0.2) is 0 Å². The summed E-state index contributed by atoms with van der Waals surface area (Å²) in [6.45, 7) is 4.17. The Balaban J connectivity index is 1.23. The SMILES string of the molecule is COc1ccc2nccc(OCCCC3CCCN(C/C=C/c4ccccc4)C3)c2c1. The third kappa shape index (κ3) is 6.08. The summed E-state index contributed by atoms with van der Waals surface area (Å²) >= 11 is 0. The van der Waals surface area contributed by atoms with Crippen molar-refractivity contribution in [2.75, 3.05) is 33.4 Å². The number of nitrogens with zero attached hydrogens (tertiary/aromatic N) is 2. The van der Waals surface area contributed by atoms with Crippen molar-refractivity contribution in [2.45, 2.75) is 25.7 Å². The van der Waals surface area contributed by atoms with Crippen molar-refractivity contribution in [3.05, 3.63) is 72.4 Å². The molecule has 3 aromatic rings. The molecule has 0 saturated carbocycles. The lowest BCUT2D eigenvalue weighted by atomic mass is 9.93. The highest BCUT2D eigenvalue weighted by Crippen LogP contribution is 2.28. The fourth-order valence-electron chi connectivity index (χ4n) is 4.36. The zero-order valence-corrected chi connectivity index (χ0v) is 18.4. The first-order valence-electron chi connectivity index (χ1n) is 11.3. The van der Waals surface area contributed by atoms with Crippen molar-refractivity contribution in [3.8, 4) is 11.5 Å². The largest absolute Gasteiger partial charge is 0.497 e. The minimum Gasteiger partial charge on any atom is -0.497 e. The van der Waals surface area contributed by atoms with Crippen LogP contribution >= 0.6 is 0 Å². The molecular formula is C27H32N2O2. The topological polar surface area (TPSA) is 34.6 Å². The Morgan fingerprint density at radius 2 is 2.03 bits per heavy atom. The van der Waals surface area contributed by atoms with E-state index in [1.807, 2.05) is 30.5 Å². The fourth-order valence-corrected chi connectivity index (χ4v) is 4.36. The van der Waals surface area contributed by atoms with Crippen LogP contribution in [0.25, 0.3) is 17.0 Å². The van der Waals surface area contributed by atoms with E-state index in [9.17, 15) is 0 Å². The van der Waals surface area contributed by atoms with Gasteiger partial charge in [-0.3, -0.25) is 9.88 Å². The van der Waals surface area contributed by atoms with Crippen LogP contribution in [0.2, 0.25) is 0 Å². The van der Waals surface area contributed by atoms with Crippen molar-refractivity contribution in [1.82, 2.24) is 9.88 Å². The normalized spacial score (nSPS) is 17.3. The second-order valence-corrected chi connectivity index (χ2v) is 8.26. The van der Waals surface area contributed by atoms with Crippen LogP contribution in [-0.4, -0.2) is 43.2 Å². The van der Waals surface area contributed by atoms with E-state index in [2.05, 4.69) is 52.4 Å². The zero-order valence-electron chi connectivity index (χ0n) is 18.4. The summed E-state index contributed by atoms with van der Waals surface area (Å²) in [5.41, 5.74) is 2.21. The van der Waals surface area contributed by atoms with E-state index in [-0.39, 0.29) is 0 Å². The average molecular weight is 417 g/mol. The molecule has 0 spiro atoms. The molecule has 2 aromatic carbocycles. The number of pyridine rings is 1. The van der Waals surface area contributed by atoms with Gasteiger partial charge in [-0.2, -0.15) is 0 Å². The molecule has 1 unspecified atom stereocenters. The first kappa shape index (κ1) is 21.4. The molecule has 162 valence electrons. The lowest BCUT2D eigenvalue weighted by Gasteiger charge is -2.32. The predicted octanol–water partition coefficient (Wildman–Crippen LogP) is 5.83. The Morgan fingerprint density at radius 3 is 2.90 bits per heavy atom. The van der Waals surface area contributed by atoms with Crippen molar-refractivity contribution in [3.63, 3.8) is 0 Å². The number of piperidine rings is 1. The summed E-state index contributed by atoms with van der Waals surface area (Å²) in [6, 6.07) is 18.4. The third-order valence-electron chi connectivity index (χ3n) is 6.00. The molecule has 0 aliphatic carbocycles. The molecule has 2 heterocycles. The molecule has 31 heavy (non-hydrogen) atoms. The van der Waals surface area contributed by atoms with Crippen LogP contribution in [0.3, 0.4) is 0 Å². The van der Waals surface area contributed by atoms with Crippen molar-refractivity contribution in [1.29, 1.82) is 0 Å². The Morgan fingerprint density at radius 1 is 1.13 bits per heavy atom. The number of ether oxygens (including phenoxy) is 2. The Labute approximate surface area is 185 Å². The number of rotatable bonds is 9. The second kappa shape index (κ2) is 11.0. The summed E-state index contributed by atoms with van der Waals surface area (Å²) in [6.07, 6.45) is 11.2. The summed E-state index contributed by atoms with van der Waals surface area (Å²) in [5.74, 6) is 2.48. The van der Waals surface area contributed by atoms with Crippen LogP contribution in [-0.2, 0) is 0 Å². The zero-order chi connectivity index (χ0) is 21.3. The van der Waals surface area contributed by atoms with Crippen LogP contribution in [0.1, 0.15) is 31.2 Å². The molecule has 1 atom stereocenters. The molecule has 0 bridgehead atoms. The van der Waals surface area contributed by atoms with Gasteiger partial charge < -0.3 is 9.47 Å². The molecule has 4 heteroatoms. The molecule has 0 radical (unpaired) electrons. The van der Waals surface area contributed by atoms with E-state index in [0.717, 1.165) is 47.9 Å². The quantitative estimate of drug-likeness (QED) is 0.411. The van der Waals surface area contributed by atoms with Crippen LogP contribution in [0, 0.1) is 5.92 Å². The van der Waals surface area contributed by atoms with Crippen molar-refractivity contribution >= 4 is 17.0 Å². The lowest BCUT2D eigenvalue weighted by molar-refractivity contribution is 0.175. The lowest BCUT2D eigenvalue weighted by Crippen LogP contribution is -2.35. The van der Waals surface area contributed by atoms with E-state index in [4.69, 9.17) is 9.47 Å². The van der Waals surface area contributed by atoms with Gasteiger partial charge in [-0.05, 0) is 68.0 Å². The van der Waals surface area contributed by atoms with E-state index in [1.165, 1.54) is 37.9 Å². The molecule has 1 aliphatic rings. The van der Waals surface area contributed by atoms with E-state index in [0.29, 0.717) is 0 Å². The molecular weight excluding hydrogens is 384 g/mol. The summed E-state index contributed by atoms with van der Waals surface area (Å²) in [4.78, 5) is 7.00. The maximum Gasteiger partial charge on any atom is 0.130 e. The van der Waals surface area contributed by atoms with E-state index < -0.39 is 0 Å². The van der Waals surface area contributed by atoms with Gasteiger partial charge in [0.25, 0.3) is 0 Å².